The smallest absolute Gasteiger partial charge is 0.252 e. The van der Waals surface area contributed by atoms with Crippen molar-refractivity contribution in [3.05, 3.63) is 314 Å². The zero-order valence-corrected chi connectivity index (χ0v) is 49.6. The molecule has 2 aliphatic rings. The highest BCUT2D eigenvalue weighted by Gasteiger charge is 2.43. The maximum Gasteiger partial charge on any atom is 0.252 e. The van der Waals surface area contributed by atoms with Gasteiger partial charge in [-0.25, -0.2) is 19.9 Å². The van der Waals surface area contributed by atoms with Crippen LogP contribution in [0.15, 0.2) is 303 Å². The van der Waals surface area contributed by atoms with Crippen molar-refractivity contribution < 1.29 is 0 Å². The second-order valence-electron chi connectivity index (χ2n) is 23.5. The summed E-state index contributed by atoms with van der Waals surface area (Å²) in [5.41, 5.74) is 27.5. The van der Waals surface area contributed by atoms with Gasteiger partial charge in [-0.15, -0.1) is 0 Å². The Morgan fingerprint density at radius 1 is 0.278 bits per heavy atom. The first-order valence-electron chi connectivity index (χ1n) is 30.7. The number of benzene rings is 12. The molecule has 7 nitrogen and oxygen atoms in total. The van der Waals surface area contributed by atoms with Crippen LogP contribution in [0.2, 0.25) is 0 Å². The first-order valence-corrected chi connectivity index (χ1v) is 30.7. The Labute approximate surface area is 523 Å². The number of nitrogens with zero attached hydrogens (tertiary/aromatic N) is 7. The molecule has 5 heterocycles. The van der Waals surface area contributed by atoms with E-state index in [4.69, 9.17) is 19.9 Å². The average molecular weight is 1150 g/mol. The van der Waals surface area contributed by atoms with Gasteiger partial charge in [0, 0.05) is 78.3 Å². The van der Waals surface area contributed by atoms with Gasteiger partial charge in [0.1, 0.15) is 0 Å². The number of rotatable bonds is 10. The van der Waals surface area contributed by atoms with Crippen molar-refractivity contribution in [1.82, 2.24) is 24.5 Å². The van der Waals surface area contributed by atoms with Crippen LogP contribution in [-0.2, 0) is 0 Å². The van der Waals surface area contributed by atoms with Crippen LogP contribution in [0, 0.1) is 13.8 Å². The number of para-hydroxylation sites is 3. The molecule has 0 atom stereocenters. The van der Waals surface area contributed by atoms with Gasteiger partial charge in [0.2, 0.25) is 0 Å². The molecule has 17 rings (SSSR count). The van der Waals surface area contributed by atoms with E-state index in [1.807, 2.05) is 24.3 Å². The summed E-state index contributed by atoms with van der Waals surface area (Å²) in [6.45, 7) is 4.39. The molecular formula is C82H56BN7. The molecule has 15 aromatic rings. The Hall–Kier alpha value is -11.7. The normalized spacial score (nSPS) is 12.3. The van der Waals surface area contributed by atoms with Gasteiger partial charge >= 0.3 is 0 Å². The molecule has 0 saturated carbocycles. The first kappa shape index (κ1) is 52.6. The van der Waals surface area contributed by atoms with Gasteiger partial charge in [0.25, 0.3) is 6.71 Å². The summed E-state index contributed by atoms with van der Waals surface area (Å²) in [6, 6.07) is 109. The van der Waals surface area contributed by atoms with Gasteiger partial charge in [-0.05, 0) is 144 Å². The van der Waals surface area contributed by atoms with E-state index in [0.29, 0.717) is 11.6 Å². The molecule has 90 heavy (non-hydrogen) atoms. The van der Waals surface area contributed by atoms with Gasteiger partial charge < -0.3 is 14.4 Å². The van der Waals surface area contributed by atoms with E-state index >= 15 is 0 Å². The van der Waals surface area contributed by atoms with Crippen LogP contribution in [-0.4, -0.2) is 31.2 Å². The molecule has 422 valence electrons. The maximum atomic E-state index is 5.70. The first-order chi connectivity index (χ1) is 44.4. The summed E-state index contributed by atoms with van der Waals surface area (Å²) < 4.78 is 2.39. The van der Waals surface area contributed by atoms with E-state index in [1.165, 1.54) is 61.0 Å². The molecule has 0 radical (unpaired) electrons. The van der Waals surface area contributed by atoms with Crippen LogP contribution in [0.5, 0.6) is 0 Å². The Morgan fingerprint density at radius 2 is 0.700 bits per heavy atom. The quantitative estimate of drug-likeness (QED) is 0.127. The van der Waals surface area contributed by atoms with E-state index in [0.717, 1.165) is 95.4 Å². The molecule has 0 saturated heterocycles. The van der Waals surface area contributed by atoms with Gasteiger partial charge in [-0.1, -0.05) is 211 Å². The number of fused-ring (bicyclic) bond motifs is 7. The van der Waals surface area contributed by atoms with Crippen molar-refractivity contribution in [2.45, 2.75) is 13.8 Å². The van der Waals surface area contributed by atoms with E-state index in [2.05, 4.69) is 307 Å². The molecule has 0 spiro atoms. The molecule has 8 heteroatoms. The fraction of sp³-hybridized carbons (Fsp3) is 0.0244. The maximum absolute atomic E-state index is 5.70. The summed E-state index contributed by atoms with van der Waals surface area (Å²) in [4.78, 5) is 26.7. The highest BCUT2D eigenvalue weighted by Crippen LogP contribution is 2.46. The molecule has 12 aromatic carbocycles. The molecule has 0 N–H and O–H groups in total. The van der Waals surface area contributed by atoms with Crippen molar-refractivity contribution in [2.24, 2.45) is 0 Å². The average Bonchev–Trinajstić information content (AvgIpc) is 0.771. The third-order valence-corrected chi connectivity index (χ3v) is 17.9. The number of anilines is 6. The standard InChI is InChI=1S/C82H56BN7/c1-53-40-43-73-64(46-53)65-47-54(2)41-44-74(65)90(73)75-45-42-61(72-51-69(55-22-7-3-8-23-55)84-81(85-72)57-26-11-5-12-27-57)50-66(75)82-86-70(56-24-9-4-10-25-56)52-71(87-82)60-30-19-28-58(48-60)59-29-20-33-63(49-59)89-77-37-18-16-35-68(77)83-67-34-15-17-36-76(67)88(62-31-13-6-14-32-62)78-38-21-39-79(89)80(78)83/h3-52H,1-2H3. The lowest BCUT2D eigenvalue weighted by atomic mass is 9.33. The third-order valence-electron chi connectivity index (χ3n) is 17.9. The minimum Gasteiger partial charge on any atom is -0.311 e. The Balaban J connectivity index is 0.835. The lowest BCUT2D eigenvalue weighted by Crippen LogP contribution is -2.61. The summed E-state index contributed by atoms with van der Waals surface area (Å²) in [6.07, 6.45) is 0. The lowest BCUT2D eigenvalue weighted by molar-refractivity contribution is 1.13. The summed E-state index contributed by atoms with van der Waals surface area (Å²) >= 11 is 0. The SMILES string of the molecule is Cc1ccc2c(c1)c1cc(C)ccc1n2-c1ccc(-c2cc(-c3ccccc3)nc(-c3ccccc3)n2)cc1-c1nc(-c2ccccc2)cc(-c2cccc(-c3cccc(N4c5ccccc5B5c6ccccc6N(c6ccccc6)c6cccc4c65)c3)c2)n1. The molecule has 0 fully saturated rings. The number of aryl methyl sites for hydroxylation is 2. The molecular weight excluding hydrogens is 1090 g/mol. The number of hydrogen-bond donors (Lipinski definition) is 0. The predicted molar refractivity (Wildman–Crippen MR) is 374 cm³/mol. The molecule has 3 aromatic heterocycles. The van der Waals surface area contributed by atoms with Gasteiger partial charge in [0.05, 0.1) is 39.5 Å². The van der Waals surface area contributed by atoms with Crippen molar-refractivity contribution in [3.63, 3.8) is 0 Å². The highest BCUT2D eigenvalue weighted by atomic mass is 15.2. The molecule has 0 amide bonds. The molecule has 2 aliphatic heterocycles. The van der Waals surface area contributed by atoms with E-state index in [-0.39, 0.29) is 6.71 Å². The van der Waals surface area contributed by atoms with Gasteiger partial charge in [-0.2, -0.15) is 0 Å². The topological polar surface area (TPSA) is 63.0 Å². The van der Waals surface area contributed by atoms with Crippen LogP contribution in [0.1, 0.15) is 11.1 Å². The highest BCUT2D eigenvalue weighted by molar-refractivity contribution is 7.00. The van der Waals surface area contributed by atoms with Gasteiger partial charge in [-0.3, -0.25) is 0 Å². The van der Waals surface area contributed by atoms with Crippen molar-refractivity contribution in [2.75, 3.05) is 9.80 Å². The number of aromatic nitrogens is 5. The Bertz CT molecular complexity index is 5180. The zero-order valence-electron chi connectivity index (χ0n) is 49.6. The van der Waals surface area contributed by atoms with Gasteiger partial charge in [0.15, 0.2) is 11.6 Å². The fourth-order valence-electron chi connectivity index (χ4n) is 13.8. The van der Waals surface area contributed by atoms with E-state index in [9.17, 15) is 0 Å². The Kier molecular flexibility index (Phi) is 12.6. The number of hydrogen-bond acceptors (Lipinski definition) is 6. The summed E-state index contributed by atoms with van der Waals surface area (Å²) in [7, 11) is 0. The van der Waals surface area contributed by atoms with Crippen LogP contribution >= 0.6 is 0 Å². The summed E-state index contributed by atoms with van der Waals surface area (Å²) in [5.74, 6) is 1.24. The second-order valence-corrected chi connectivity index (χ2v) is 23.5. The largest absolute Gasteiger partial charge is 0.311 e. The van der Waals surface area contributed by atoms with Crippen molar-refractivity contribution >= 4 is 79.0 Å². The molecule has 0 unspecified atom stereocenters. The predicted octanol–water partition coefficient (Wildman–Crippen LogP) is 18.7. The van der Waals surface area contributed by atoms with Crippen LogP contribution in [0.25, 0.3) is 106 Å². The van der Waals surface area contributed by atoms with Crippen molar-refractivity contribution in [3.8, 4) is 84.6 Å². The van der Waals surface area contributed by atoms with Crippen LogP contribution in [0.4, 0.5) is 34.1 Å². The zero-order chi connectivity index (χ0) is 59.8. The Morgan fingerprint density at radius 3 is 1.29 bits per heavy atom. The third kappa shape index (κ3) is 8.99. The summed E-state index contributed by atoms with van der Waals surface area (Å²) in [5, 5.41) is 2.38. The van der Waals surface area contributed by atoms with Crippen molar-refractivity contribution in [1.29, 1.82) is 0 Å². The monoisotopic (exact) mass is 1150 g/mol. The van der Waals surface area contributed by atoms with Crippen LogP contribution in [0.3, 0.4) is 0 Å². The molecule has 0 aliphatic carbocycles. The van der Waals surface area contributed by atoms with E-state index in [1.54, 1.807) is 0 Å². The minimum absolute atomic E-state index is 0.0552. The van der Waals surface area contributed by atoms with Crippen LogP contribution < -0.4 is 26.2 Å². The fourth-order valence-corrected chi connectivity index (χ4v) is 13.8. The molecule has 0 bridgehead atoms. The second kappa shape index (κ2) is 21.6. The lowest BCUT2D eigenvalue weighted by Gasteiger charge is -2.44. The minimum atomic E-state index is 0.0552. The van der Waals surface area contributed by atoms with E-state index < -0.39 is 0 Å².